The van der Waals surface area contributed by atoms with E-state index in [4.69, 9.17) is 42.6 Å². The molecule has 0 amide bonds. The van der Waals surface area contributed by atoms with Crippen molar-refractivity contribution in [2.45, 2.75) is 57.1 Å². The van der Waals surface area contributed by atoms with Gasteiger partial charge in [0.2, 0.25) is 13.6 Å². The van der Waals surface area contributed by atoms with Crippen LogP contribution in [-0.2, 0) is 27.4 Å². The highest BCUT2D eigenvalue weighted by atomic mass is 16.7. The van der Waals surface area contributed by atoms with Gasteiger partial charge in [0.1, 0.15) is 28.9 Å². The minimum Gasteiger partial charge on any atom is -0.496 e. The fourth-order valence-corrected chi connectivity index (χ4v) is 6.33. The fraction of sp³-hybridized carbons (Fsp3) is 0.533. The number of aromatic nitrogens is 3. The van der Waals surface area contributed by atoms with Gasteiger partial charge in [0.05, 0.1) is 46.3 Å². The predicted octanol–water partition coefficient (Wildman–Crippen LogP) is 4.36. The Balaban J connectivity index is 1.23. The first-order valence-corrected chi connectivity index (χ1v) is 14.3. The lowest BCUT2D eigenvalue weighted by atomic mass is 9.80. The number of methoxy groups -OCH3 is 2. The third-order valence-electron chi connectivity index (χ3n) is 8.47. The molecule has 3 aromatic rings. The lowest BCUT2D eigenvalue weighted by Crippen LogP contribution is -2.42. The molecule has 2 fully saturated rings. The molecule has 0 N–H and O–H groups in total. The highest BCUT2D eigenvalue weighted by Crippen LogP contribution is 2.59. The third kappa shape index (κ3) is 4.58. The van der Waals surface area contributed by atoms with Crippen molar-refractivity contribution in [2.24, 2.45) is 5.92 Å². The smallest absolute Gasteiger partial charge is 0.231 e. The fourth-order valence-electron chi connectivity index (χ4n) is 6.33. The van der Waals surface area contributed by atoms with Crippen LogP contribution >= 0.6 is 0 Å². The summed E-state index contributed by atoms with van der Waals surface area (Å²) >= 11 is 0. The maximum atomic E-state index is 6.85. The van der Waals surface area contributed by atoms with E-state index in [0.29, 0.717) is 41.1 Å². The molecule has 2 saturated heterocycles. The molecule has 12 nitrogen and oxygen atoms in total. The van der Waals surface area contributed by atoms with E-state index in [9.17, 15) is 0 Å². The highest BCUT2D eigenvalue weighted by Gasteiger charge is 2.62. The second-order valence-electron chi connectivity index (χ2n) is 10.9. The highest BCUT2D eigenvalue weighted by molar-refractivity contribution is 5.55. The molecule has 4 aliphatic rings. The largest absolute Gasteiger partial charge is 0.496 e. The Morgan fingerprint density at radius 1 is 0.881 bits per heavy atom. The van der Waals surface area contributed by atoms with Gasteiger partial charge >= 0.3 is 0 Å². The number of fused-ring (bicyclic) bond motifs is 3. The summed E-state index contributed by atoms with van der Waals surface area (Å²) in [4.78, 5) is 0. The monoisotopic (exact) mass is 581 g/mol. The zero-order valence-electron chi connectivity index (χ0n) is 24.0. The first-order valence-electron chi connectivity index (χ1n) is 14.3. The summed E-state index contributed by atoms with van der Waals surface area (Å²) in [6, 6.07) is 7.51. The number of ether oxygens (including phenoxy) is 9. The van der Waals surface area contributed by atoms with Crippen molar-refractivity contribution in [3.63, 3.8) is 0 Å². The number of aryl methyl sites for hydroxylation is 1. The van der Waals surface area contributed by atoms with Gasteiger partial charge in [-0.2, -0.15) is 0 Å². The molecule has 5 heterocycles. The van der Waals surface area contributed by atoms with Crippen LogP contribution in [-0.4, -0.2) is 61.6 Å². The van der Waals surface area contributed by atoms with Crippen molar-refractivity contribution in [3.05, 3.63) is 47.3 Å². The van der Waals surface area contributed by atoms with Crippen LogP contribution in [0.1, 0.15) is 55.2 Å². The number of unbranched alkanes of at least 4 members (excludes halogenated alkanes) is 2. The lowest BCUT2D eigenvalue weighted by Gasteiger charge is -2.33. The van der Waals surface area contributed by atoms with Crippen LogP contribution in [0, 0.1) is 5.92 Å². The van der Waals surface area contributed by atoms with E-state index < -0.39 is 11.7 Å². The van der Waals surface area contributed by atoms with Gasteiger partial charge in [-0.1, -0.05) is 25.0 Å². The van der Waals surface area contributed by atoms with Gasteiger partial charge in [0.15, 0.2) is 23.0 Å². The molecule has 224 valence electrons. The van der Waals surface area contributed by atoms with Crippen molar-refractivity contribution in [1.82, 2.24) is 15.0 Å². The molecular weight excluding hydrogens is 546 g/mol. The first kappa shape index (κ1) is 27.1. The van der Waals surface area contributed by atoms with Crippen molar-refractivity contribution in [3.8, 4) is 34.5 Å². The molecular formula is C30H35N3O9. The molecule has 1 aromatic heterocycles. The molecule has 0 saturated carbocycles. The Morgan fingerprint density at radius 2 is 1.55 bits per heavy atom. The number of benzene rings is 2. The average molecular weight is 582 g/mol. The molecule has 12 heteroatoms. The molecule has 7 rings (SSSR count). The minimum absolute atomic E-state index is 0.154. The SMILES string of the molecule is CCCCCn1cc(CO[C@]23CO[C@H](c4cc5c(cc4OC)OCO5)[C@H]2CO[C@H]3c2cc3c(cc2OC)OCO3)nn1. The van der Waals surface area contributed by atoms with Crippen LogP contribution in [0.15, 0.2) is 30.5 Å². The van der Waals surface area contributed by atoms with Gasteiger partial charge in [0, 0.05) is 35.7 Å². The molecule has 0 bridgehead atoms. The summed E-state index contributed by atoms with van der Waals surface area (Å²) in [6.45, 7) is 4.22. The van der Waals surface area contributed by atoms with Gasteiger partial charge < -0.3 is 42.6 Å². The maximum Gasteiger partial charge on any atom is 0.231 e. The van der Waals surface area contributed by atoms with Crippen LogP contribution in [0.3, 0.4) is 0 Å². The molecule has 0 unspecified atom stereocenters. The van der Waals surface area contributed by atoms with E-state index in [1.54, 1.807) is 14.2 Å². The predicted molar refractivity (Wildman–Crippen MR) is 146 cm³/mol. The third-order valence-corrected chi connectivity index (χ3v) is 8.47. The van der Waals surface area contributed by atoms with Crippen molar-refractivity contribution < 1.29 is 42.6 Å². The summed E-state index contributed by atoms with van der Waals surface area (Å²) in [5.41, 5.74) is 1.52. The maximum absolute atomic E-state index is 6.85. The Hall–Kier alpha value is -3.74. The van der Waals surface area contributed by atoms with Crippen molar-refractivity contribution >= 4 is 0 Å². The second kappa shape index (κ2) is 11.2. The van der Waals surface area contributed by atoms with E-state index in [1.165, 1.54) is 0 Å². The average Bonchev–Trinajstić information content (AvgIpc) is 3.83. The van der Waals surface area contributed by atoms with Gasteiger partial charge in [-0.3, -0.25) is 4.68 Å². The van der Waals surface area contributed by atoms with Crippen LogP contribution in [0.2, 0.25) is 0 Å². The van der Waals surface area contributed by atoms with Gasteiger partial charge in [0.25, 0.3) is 0 Å². The number of hydrogen-bond acceptors (Lipinski definition) is 11. The summed E-state index contributed by atoms with van der Waals surface area (Å²) in [7, 11) is 3.26. The van der Waals surface area contributed by atoms with Crippen molar-refractivity contribution in [1.29, 1.82) is 0 Å². The Bertz CT molecular complexity index is 1450. The number of rotatable bonds is 11. The molecule has 4 atom stereocenters. The van der Waals surface area contributed by atoms with E-state index in [2.05, 4.69) is 17.2 Å². The number of nitrogens with zero attached hydrogens (tertiary/aromatic N) is 3. The standard InChI is InChI=1S/C30H35N3O9/c1-4-5-6-7-33-12-18(31-32-33)13-42-30-15-37-28(19-8-24-26(40-16-38-24)10-22(19)34-2)21(30)14-36-29(30)20-9-25-27(41-17-39-25)11-23(20)35-3/h8-12,21,28-29H,4-7,13-17H2,1-3H3/t21-,28-,29+,30-/m1/s1. The molecule has 4 aliphatic heterocycles. The summed E-state index contributed by atoms with van der Waals surface area (Å²) in [5, 5.41) is 8.69. The Kier molecular flexibility index (Phi) is 7.20. The van der Waals surface area contributed by atoms with E-state index in [-0.39, 0.29) is 38.8 Å². The zero-order chi connectivity index (χ0) is 28.7. The summed E-state index contributed by atoms with van der Waals surface area (Å²) in [5.74, 6) is 3.65. The van der Waals surface area contributed by atoms with Gasteiger partial charge in [-0.05, 0) is 18.6 Å². The normalized spacial score (nSPS) is 25.2. The van der Waals surface area contributed by atoms with Crippen LogP contribution in [0.5, 0.6) is 34.5 Å². The molecule has 0 radical (unpaired) electrons. The lowest BCUT2D eigenvalue weighted by molar-refractivity contribution is -0.118. The van der Waals surface area contributed by atoms with Crippen molar-refractivity contribution in [2.75, 3.05) is 41.0 Å². The zero-order valence-corrected chi connectivity index (χ0v) is 24.0. The van der Waals surface area contributed by atoms with E-state index >= 15 is 0 Å². The molecule has 0 spiro atoms. The molecule has 2 aromatic carbocycles. The minimum atomic E-state index is -0.876. The summed E-state index contributed by atoms with van der Waals surface area (Å²) in [6.07, 6.45) is 4.39. The number of hydrogen-bond donors (Lipinski definition) is 0. The Morgan fingerprint density at radius 3 is 2.24 bits per heavy atom. The first-order chi connectivity index (χ1) is 20.6. The van der Waals surface area contributed by atoms with Crippen LogP contribution < -0.4 is 28.4 Å². The van der Waals surface area contributed by atoms with E-state index in [1.807, 2.05) is 35.1 Å². The summed E-state index contributed by atoms with van der Waals surface area (Å²) < 4.78 is 56.0. The molecule has 42 heavy (non-hydrogen) atoms. The molecule has 0 aliphatic carbocycles. The second-order valence-corrected chi connectivity index (χ2v) is 10.9. The van der Waals surface area contributed by atoms with Gasteiger partial charge in [-0.15, -0.1) is 5.10 Å². The topological polar surface area (TPSA) is 114 Å². The van der Waals surface area contributed by atoms with Gasteiger partial charge in [-0.25, -0.2) is 0 Å². The quantitative estimate of drug-likeness (QED) is 0.301. The van der Waals surface area contributed by atoms with E-state index in [0.717, 1.165) is 42.6 Å². The van der Waals surface area contributed by atoms with Crippen LogP contribution in [0.4, 0.5) is 0 Å². The Labute approximate surface area is 243 Å². The van der Waals surface area contributed by atoms with Crippen LogP contribution in [0.25, 0.3) is 0 Å².